The first-order valence-electron chi connectivity index (χ1n) is 8.70. The van der Waals surface area contributed by atoms with Crippen molar-refractivity contribution in [3.8, 4) is 0 Å². The smallest absolute Gasteiger partial charge is 0.229 e. The van der Waals surface area contributed by atoms with Crippen molar-refractivity contribution in [1.82, 2.24) is 10.3 Å². The maximum absolute atomic E-state index is 12.4. The average Bonchev–Trinajstić information content (AvgIpc) is 3.04. The van der Waals surface area contributed by atoms with Gasteiger partial charge < -0.3 is 10.6 Å². The first-order chi connectivity index (χ1) is 10.8. The van der Waals surface area contributed by atoms with Gasteiger partial charge in [0, 0.05) is 23.0 Å². The van der Waals surface area contributed by atoms with Crippen LogP contribution in [-0.2, 0) is 4.79 Å². The molecule has 122 valence electrons. The number of amides is 1. The van der Waals surface area contributed by atoms with E-state index in [0.29, 0.717) is 12.0 Å². The molecule has 22 heavy (non-hydrogen) atoms. The van der Waals surface area contributed by atoms with Gasteiger partial charge in [-0.2, -0.15) is 0 Å². The van der Waals surface area contributed by atoms with Gasteiger partial charge >= 0.3 is 0 Å². The van der Waals surface area contributed by atoms with Crippen LogP contribution in [0.3, 0.4) is 0 Å². The maximum Gasteiger partial charge on any atom is 0.229 e. The Balaban J connectivity index is 1.52. The van der Waals surface area contributed by atoms with E-state index in [2.05, 4.69) is 15.6 Å². The van der Waals surface area contributed by atoms with E-state index in [9.17, 15) is 4.79 Å². The van der Waals surface area contributed by atoms with Gasteiger partial charge in [-0.25, -0.2) is 4.98 Å². The fraction of sp³-hybridized carbons (Fsp3) is 0.765. The largest absolute Gasteiger partial charge is 0.317 e. The number of nitrogens with zero attached hydrogens (tertiary/aromatic N) is 1. The van der Waals surface area contributed by atoms with Crippen LogP contribution in [0.15, 0.2) is 6.20 Å². The van der Waals surface area contributed by atoms with Gasteiger partial charge in [-0.05, 0) is 51.5 Å². The van der Waals surface area contributed by atoms with Gasteiger partial charge in [0.1, 0.15) is 0 Å². The summed E-state index contributed by atoms with van der Waals surface area (Å²) in [5.74, 6) is 0.994. The minimum Gasteiger partial charge on any atom is -0.317 e. The molecule has 0 bridgehead atoms. The van der Waals surface area contributed by atoms with Crippen molar-refractivity contribution in [2.24, 2.45) is 5.92 Å². The van der Waals surface area contributed by atoms with Gasteiger partial charge in [-0.3, -0.25) is 4.79 Å². The molecule has 1 amide bonds. The number of hydrogen-bond acceptors (Lipinski definition) is 4. The molecule has 2 N–H and O–H groups in total. The van der Waals surface area contributed by atoms with Gasteiger partial charge in [0.05, 0.1) is 0 Å². The van der Waals surface area contributed by atoms with E-state index in [0.717, 1.165) is 30.8 Å². The molecular formula is C17H27N3OS. The highest BCUT2D eigenvalue weighted by Crippen LogP contribution is 2.37. The highest BCUT2D eigenvalue weighted by Gasteiger charge is 2.26. The number of anilines is 1. The Labute approximate surface area is 137 Å². The molecule has 1 aromatic rings. The minimum absolute atomic E-state index is 0.159. The third-order valence-electron chi connectivity index (χ3n) is 5.27. The first kappa shape index (κ1) is 15.9. The summed E-state index contributed by atoms with van der Waals surface area (Å²) in [6, 6.07) is 0.585. The number of nitrogens with one attached hydrogen (secondary N) is 2. The predicted octanol–water partition coefficient (Wildman–Crippen LogP) is 3.91. The minimum atomic E-state index is 0.159. The van der Waals surface area contributed by atoms with E-state index in [4.69, 9.17) is 0 Å². The molecule has 0 unspecified atom stereocenters. The molecule has 0 aliphatic heterocycles. The Morgan fingerprint density at radius 3 is 2.55 bits per heavy atom. The van der Waals surface area contributed by atoms with Gasteiger partial charge in [-0.15, -0.1) is 11.3 Å². The van der Waals surface area contributed by atoms with Crippen molar-refractivity contribution in [3.63, 3.8) is 0 Å². The Morgan fingerprint density at radius 1 is 1.14 bits per heavy atom. The second kappa shape index (κ2) is 7.55. The quantitative estimate of drug-likeness (QED) is 0.884. The summed E-state index contributed by atoms with van der Waals surface area (Å²) in [5.41, 5.74) is 0. The van der Waals surface area contributed by atoms with Gasteiger partial charge in [-0.1, -0.05) is 19.3 Å². The molecule has 0 saturated heterocycles. The third kappa shape index (κ3) is 3.87. The van der Waals surface area contributed by atoms with Crippen LogP contribution < -0.4 is 10.6 Å². The molecular weight excluding hydrogens is 294 g/mol. The lowest BCUT2D eigenvalue weighted by atomic mass is 9.85. The molecule has 0 aromatic carbocycles. The van der Waals surface area contributed by atoms with Crippen LogP contribution in [0.2, 0.25) is 0 Å². The van der Waals surface area contributed by atoms with Crippen molar-refractivity contribution in [1.29, 1.82) is 0 Å². The van der Waals surface area contributed by atoms with E-state index in [1.165, 1.54) is 37.0 Å². The molecule has 1 heterocycles. The normalized spacial score (nSPS) is 26.8. The van der Waals surface area contributed by atoms with Crippen molar-refractivity contribution in [2.45, 2.75) is 69.7 Å². The summed E-state index contributed by atoms with van der Waals surface area (Å²) in [6.45, 7) is 0. The Hall–Kier alpha value is -0.940. The topological polar surface area (TPSA) is 54.0 Å². The number of aromatic nitrogens is 1. The summed E-state index contributed by atoms with van der Waals surface area (Å²) < 4.78 is 0. The summed E-state index contributed by atoms with van der Waals surface area (Å²) in [5, 5.41) is 7.16. The molecule has 5 heteroatoms. The standard InChI is InChI=1S/C17H27N3OS/c1-18-14-9-7-13(8-10-14)16(21)20-17-19-11-15(22-17)12-5-3-2-4-6-12/h11-14,18H,2-10H2,1H3,(H,19,20,21). The monoisotopic (exact) mass is 321 g/mol. The Kier molecular flexibility index (Phi) is 5.47. The molecule has 0 atom stereocenters. The zero-order valence-electron chi connectivity index (χ0n) is 13.4. The molecule has 3 rings (SSSR count). The number of rotatable bonds is 4. The zero-order chi connectivity index (χ0) is 15.4. The lowest BCUT2D eigenvalue weighted by Crippen LogP contribution is -2.34. The second-order valence-corrected chi connectivity index (χ2v) is 7.79. The number of hydrogen-bond donors (Lipinski definition) is 2. The summed E-state index contributed by atoms with van der Waals surface area (Å²) in [4.78, 5) is 18.2. The van der Waals surface area contributed by atoms with E-state index in [-0.39, 0.29) is 11.8 Å². The van der Waals surface area contributed by atoms with Crippen LogP contribution >= 0.6 is 11.3 Å². The number of carbonyl (C=O) groups excluding carboxylic acids is 1. The van der Waals surface area contributed by atoms with Gasteiger partial charge in [0.15, 0.2) is 5.13 Å². The molecule has 2 fully saturated rings. The highest BCUT2D eigenvalue weighted by atomic mass is 32.1. The van der Waals surface area contributed by atoms with Gasteiger partial charge in [0.2, 0.25) is 5.91 Å². The van der Waals surface area contributed by atoms with E-state index in [1.807, 2.05) is 13.2 Å². The lowest BCUT2D eigenvalue weighted by Gasteiger charge is -2.27. The predicted molar refractivity (Wildman–Crippen MR) is 91.4 cm³/mol. The zero-order valence-corrected chi connectivity index (χ0v) is 14.3. The molecule has 0 spiro atoms. The van der Waals surface area contributed by atoms with E-state index in [1.54, 1.807) is 11.3 Å². The molecule has 2 aliphatic carbocycles. The van der Waals surface area contributed by atoms with E-state index < -0.39 is 0 Å². The first-order valence-corrected chi connectivity index (χ1v) is 9.51. The molecule has 1 aromatic heterocycles. The van der Waals surface area contributed by atoms with Crippen LogP contribution in [0.25, 0.3) is 0 Å². The van der Waals surface area contributed by atoms with Crippen molar-refractivity contribution in [3.05, 3.63) is 11.1 Å². The van der Waals surface area contributed by atoms with Gasteiger partial charge in [0.25, 0.3) is 0 Å². The summed E-state index contributed by atoms with van der Waals surface area (Å²) >= 11 is 1.68. The fourth-order valence-electron chi connectivity index (χ4n) is 3.77. The summed E-state index contributed by atoms with van der Waals surface area (Å²) in [7, 11) is 2.01. The van der Waals surface area contributed by atoms with Crippen LogP contribution in [0, 0.1) is 5.92 Å². The fourth-order valence-corrected chi connectivity index (χ4v) is 4.76. The Bertz CT molecular complexity index is 488. The summed E-state index contributed by atoms with van der Waals surface area (Å²) in [6.07, 6.45) is 12.7. The SMILES string of the molecule is CNC1CCC(C(=O)Nc2ncc(C3CCCCC3)s2)CC1. The van der Waals surface area contributed by atoms with Crippen LogP contribution in [0.1, 0.15) is 68.6 Å². The molecule has 0 radical (unpaired) electrons. The Morgan fingerprint density at radius 2 is 1.86 bits per heavy atom. The molecule has 2 aliphatic rings. The maximum atomic E-state index is 12.4. The van der Waals surface area contributed by atoms with Crippen LogP contribution in [0.4, 0.5) is 5.13 Å². The highest BCUT2D eigenvalue weighted by molar-refractivity contribution is 7.15. The average molecular weight is 321 g/mol. The molecule has 4 nitrogen and oxygen atoms in total. The lowest BCUT2D eigenvalue weighted by molar-refractivity contribution is -0.120. The van der Waals surface area contributed by atoms with Crippen molar-refractivity contribution >= 4 is 22.4 Å². The van der Waals surface area contributed by atoms with Crippen LogP contribution in [-0.4, -0.2) is 24.0 Å². The number of carbonyl (C=O) groups is 1. The van der Waals surface area contributed by atoms with Crippen molar-refractivity contribution in [2.75, 3.05) is 12.4 Å². The van der Waals surface area contributed by atoms with E-state index >= 15 is 0 Å². The second-order valence-electron chi connectivity index (χ2n) is 6.73. The van der Waals surface area contributed by atoms with Crippen molar-refractivity contribution < 1.29 is 4.79 Å². The number of thiazole rings is 1. The third-order valence-corrected chi connectivity index (χ3v) is 6.34. The molecule has 2 saturated carbocycles. The van der Waals surface area contributed by atoms with Crippen LogP contribution in [0.5, 0.6) is 0 Å².